The van der Waals surface area contributed by atoms with E-state index in [1.807, 2.05) is 59.5 Å². The van der Waals surface area contributed by atoms with Crippen molar-refractivity contribution in [2.75, 3.05) is 26.0 Å². The molecule has 0 saturated carbocycles. The lowest BCUT2D eigenvalue weighted by molar-refractivity contribution is -0.131. The Labute approximate surface area is 143 Å². The average Bonchev–Trinajstić information content (AvgIpc) is 2.54. The van der Waals surface area contributed by atoms with E-state index in [2.05, 4.69) is 0 Å². The molecule has 2 aromatic rings. The Kier molecular flexibility index (Phi) is 8.16. The van der Waals surface area contributed by atoms with E-state index in [4.69, 9.17) is 10.5 Å². The van der Waals surface area contributed by atoms with Crippen LogP contribution in [0.2, 0.25) is 0 Å². The summed E-state index contributed by atoms with van der Waals surface area (Å²) in [5.74, 6) is 0.0886. The molecule has 0 aliphatic rings. The number of ether oxygens (including phenoxy) is 1. The van der Waals surface area contributed by atoms with E-state index in [0.29, 0.717) is 31.8 Å². The van der Waals surface area contributed by atoms with Crippen LogP contribution in [0, 0.1) is 0 Å². The predicted octanol–water partition coefficient (Wildman–Crippen LogP) is 2.91. The molecule has 0 radical (unpaired) electrons. The highest BCUT2D eigenvalue weighted by Crippen LogP contribution is 2.10. The van der Waals surface area contributed by atoms with Gasteiger partial charge in [-0.2, -0.15) is 0 Å². The number of hydrogen-bond donors (Lipinski definition) is 1. The lowest BCUT2D eigenvalue weighted by Crippen LogP contribution is -2.34. The number of hydrogen-bond acceptors (Lipinski definition) is 3. The van der Waals surface area contributed by atoms with Crippen LogP contribution in [-0.4, -0.2) is 31.1 Å². The first kappa shape index (κ1) is 19.0. The molecule has 0 saturated heterocycles. The van der Waals surface area contributed by atoms with Crippen molar-refractivity contribution in [3.8, 4) is 0 Å². The third-order valence-corrected chi connectivity index (χ3v) is 3.47. The van der Waals surface area contributed by atoms with Gasteiger partial charge in [-0.25, -0.2) is 0 Å². The van der Waals surface area contributed by atoms with Gasteiger partial charge in [0.25, 0.3) is 0 Å². The maximum atomic E-state index is 12.5. The van der Waals surface area contributed by atoms with E-state index >= 15 is 0 Å². The van der Waals surface area contributed by atoms with Crippen LogP contribution >= 0.6 is 12.4 Å². The Morgan fingerprint density at radius 3 is 2.30 bits per heavy atom. The Balaban J connectivity index is 0.00000264. The highest BCUT2D eigenvalue weighted by atomic mass is 35.5. The van der Waals surface area contributed by atoms with Crippen molar-refractivity contribution >= 4 is 24.0 Å². The number of nitrogen functional groups attached to an aromatic ring is 1. The van der Waals surface area contributed by atoms with E-state index in [9.17, 15) is 4.79 Å². The fourth-order valence-corrected chi connectivity index (χ4v) is 2.22. The summed E-state index contributed by atoms with van der Waals surface area (Å²) in [6.07, 6.45) is 0.372. The third kappa shape index (κ3) is 6.30. The first-order chi connectivity index (χ1) is 10.7. The molecule has 0 spiro atoms. The zero-order valence-electron chi connectivity index (χ0n) is 13.3. The van der Waals surface area contributed by atoms with Gasteiger partial charge in [-0.15, -0.1) is 12.4 Å². The van der Waals surface area contributed by atoms with Crippen LogP contribution in [0.5, 0.6) is 0 Å². The second kappa shape index (κ2) is 9.87. The Hall–Kier alpha value is -2.04. The van der Waals surface area contributed by atoms with E-state index in [1.165, 1.54) is 0 Å². The smallest absolute Gasteiger partial charge is 0.227 e. The number of rotatable bonds is 7. The Bertz CT molecular complexity index is 588. The molecule has 1 amide bonds. The van der Waals surface area contributed by atoms with E-state index in [0.717, 1.165) is 11.1 Å². The summed E-state index contributed by atoms with van der Waals surface area (Å²) >= 11 is 0. The first-order valence-corrected chi connectivity index (χ1v) is 7.34. The van der Waals surface area contributed by atoms with Gasteiger partial charge in [-0.3, -0.25) is 4.79 Å². The Morgan fingerprint density at radius 1 is 1.04 bits per heavy atom. The first-order valence-electron chi connectivity index (χ1n) is 7.34. The minimum atomic E-state index is 0. The maximum absolute atomic E-state index is 12.5. The van der Waals surface area contributed by atoms with E-state index in [-0.39, 0.29) is 18.3 Å². The van der Waals surface area contributed by atoms with Crippen molar-refractivity contribution in [3.63, 3.8) is 0 Å². The van der Waals surface area contributed by atoms with Crippen LogP contribution in [-0.2, 0) is 22.5 Å². The lowest BCUT2D eigenvalue weighted by atomic mass is 10.1. The third-order valence-electron chi connectivity index (χ3n) is 3.47. The van der Waals surface area contributed by atoms with Crippen molar-refractivity contribution in [1.29, 1.82) is 0 Å². The van der Waals surface area contributed by atoms with Gasteiger partial charge in [0.2, 0.25) is 5.91 Å². The van der Waals surface area contributed by atoms with Crippen molar-refractivity contribution in [1.82, 2.24) is 4.90 Å². The van der Waals surface area contributed by atoms with Gasteiger partial charge in [0.05, 0.1) is 13.0 Å². The summed E-state index contributed by atoms with van der Waals surface area (Å²) < 4.78 is 5.12. The molecule has 5 heteroatoms. The molecule has 0 heterocycles. The zero-order valence-corrected chi connectivity index (χ0v) is 14.1. The van der Waals surface area contributed by atoms with Gasteiger partial charge in [0.15, 0.2) is 0 Å². The molecule has 2 aromatic carbocycles. The molecule has 4 nitrogen and oxygen atoms in total. The average molecular weight is 335 g/mol. The minimum Gasteiger partial charge on any atom is -0.399 e. The van der Waals surface area contributed by atoms with E-state index < -0.39 is 0 Å². The number of halogens is 1. The lowest BCUT2D eigenvalue weighted by Gasteiger charge is -2.22. The van der Waals surface area contributed by atoms with Crippen LogP contribution in [0.25, 0.3) is 0 Å². The predicted molar refractivity (Wildman–Crippen MR) is 95.5 cm³/mol. The van der Waals surface area contributed by atoms with Gasteiger partial charge in [0, 0.05) is 25.9 Å². The van der Waals surface area contributed by atoms with Crippen LogP contribution in [0.15, 0.2) is 54.6 Å². The van der Waals surface area contributed by atoms with Crippen molar-refractivity contribution in [2.24, 2.45) is 0 Å². The van der Waals surface area contributed by atoms with Gasteiger partial charge in [-0.1, -0.05) is 42.5 Å². The highest BCUT2D eigenvalue weighted by molar-refractivity contribution is 5.85. The number of nitrogens with two attached hydrogens (primary N) is 1. The SMILES string of the molecule is COCCN(Cc1ccccc1)C(=O)Cc1ccc(N)cc1.Cl. The highest BCUT2D eigenvalue weighted by Gasteiger charge is 2.14. The summed E-state index contributed by atoms with van der Waals surface area (Å²) in [6.45, 7) is 1.71. The quantitative estimate of drug-likeness (QED) is 0.792. The molecule has 2 rings (SSSR count). The minimum absolute atomic E-state index is 0. The number of carbonyl (C=O) groups is 1. The molecule has 0 aliphatic heterocycles. The summed E-state index contributed by atoms with van der Waals surface area (Å²) in [5.41, 5.74) is 8.46. The molecule has 0 atom stereocenters. The standard InChI is InChI=1S/C18H22N2O2.ClH/c1-22-12-11-20(14-16-5-3-2-4-6-16)18(21)13-15-7-9-17(19)10-8-15;/h2-10H,11-14,19H2,1H3;1H. The number of amides is 1. The van der Waals surface area contributed by atoms with Crippen molar-refractivity contribution < 1.29 is 9.53 Å². The van der Waals surface area contributed by atoms with Crippen LogP contribution in [0.3, 0.4) is 0 Å². The molecule has 0 fully saturated rings. The van der Waals surface area contributed by atoms with Gasteiger partial charge < -0.3 is 15.4 Å². The largest absolute Gasteiger partial charge is 0.399 e. The van der Waals surface area contributed by atoms with Crippen LogP contribution in [0.1, 0.15) is 11.1 Å². The summed E-state index contributed by atoms with van der Waals surface area (Å²) in [6, 6.07) is 17.4. The van der Waals surface area contributed by atoms with Crippen LogP contribution < -0.4 is 5.73 Å². The number of nitrogens with zero attached hydrogens (tertiary/aromatic N) is 1. The fourth-order valence-electron chi connectivity index (χ4n) is 2.22. The zero-order chi connectivity index (χ0) is 15.8. The van der Waals surface area contributed by atoms with Gasteiger partial charge in [0.1, 0.15) is 0 Å². The summed E-state index contributed by atoms with van der Waals surface area (Å²) in [5, 5.41) is 0. The molecule has 0 unspecified atom stereocenters. The molecular formula is C18H23ClN2O2. The van der Waals surface area contributed by atoms with Crippen molar-refractivity contribution in [2.45, 2.75) is 13.0 Å². The normalized spacial score (nSPS) is 9.96. The monoisotopic (exact) mass is 334 g/mol. The Morgan fingerprint density at radius 2 is 1.70 bits per heavy atom. The van der Waals surface area contributed by atoms with E-state index in [1.54, 1.807) is 7.11 Å². The summed E-state index contributed by atoms with van der Waals surface area (Å²) in [7, 11) is 1.64. The molecule has 0 aromatic heterocycles. The fraction of sp³-hybridized carbons (Fsp3) is 0.278. The molecular weight excluding hydrogens is 312 g/mol. The second-order valence-corrected chi connectivity index (χ2v) is 5.21. The number of carbonyl (C=O) groups excluding carboxylic acids is 1. The molecule has 0 aliphatic carbocycles. The van der Waals surface area contributed by atoms with Gasteiger partial charge in [-0.05, 0) is 23.3 Å². The topological polar surface area (TPSA) is 55.6 Å². The maximum Gasteiger partial charge on any atom is 0.227 e. The number of anilines is 1. The van der Waals surface area contributed by atoms with Crippen molar-refractivity contribution in [3.05, 3.63) is 65.7 Å². The number of methoxy groups -OCH3 is 1. The molecule has 2 N–H and O–H groups in total. The van der Waals surface area contributed by atoms with Crippen LogP contribution in [0.4, 0.5) is 5.69 Å². The van der Waals surface area contributed by atoms with Gasteiger partial charge >= 0.3 is 0 Å². The molecule has 23 heavy (non-hydrogen) atoms. The number of benzene rings is 2. The second-order valence-electron chi connectivity index (χ2n) is 5.21. The molecule has 124 valence electrons. The summed E-state index contributed by atoms with van der Waals surface area (Å²) in [4.78, 5) is 14.4. The molecule has 0 bridgehead atoms.